The Bertz CT molecular complexity index is 279. The Morgan fingerprint density at radius 1 is 1.35 bits per heavy atom. The highest BCUT2D eigenvalue weighted by atomic mass is 16.2. The van der Waals surface area contributed by atoms with Crippen LogP contribution in [0.2, 0.25) is 0 Å². The van der Waals surface area contributed by atoms with Gasteiger partial charge in [0.1, 0.15) is 0 Å². The summed E-state index contributed by atoms with van der Waals surface area (Å²) in [7, 11) is 0. The van der Waals surface area contributed by atoms with Gasteiger partial charge in [0.25, 0.3) is 0 Å². The number of carbonyl (C=O) groups excluding carboxylic acids is 2. The van der Waals surface area contributed by atoms with Gasteiger partial charge in [-0.2, -0.15) is 0 Å². The van der Waals surface area contributed by atoms with Crippen molar-refractivity contribution in [3.05, 3.63) is 0 Å². The number of hydrogen-bond acceptors (Lipinski definition) is 3. The van der Waals surface area contributed by atoms with E-state index in [2.05, 4.69) is 22.9 Å². The molecule has 0 aliphatic carbocycles. The Morgan fingerprint density at radius 2 is 2.06 bits per heavy atom. The molecule has 2 atom stereocenters. The zero-order valence-electron chi connectivity index (χ0n) is 10.9. The summed E-state index contributed by atoms with van der Waals surface area (Å²) in [4.78, 5) is 23.2. The lowest BCUT2D eigenvalue weighted by Crippen LogP contribution is -2.46. The van der Waals surface area contributed by atoms with E-state index >= 15 is 0 Å². The van der Waals surface area contributed by atoms with Crippen molar-refractivity contribution in [2.24, 2.45) is 11.8 Å². The van der Waals surface area contributed by atoms with Crippen LogP contribution in [-0.4, -0.2) is 37.5 Å². The first-order valence-corrected chi connectivity index (χ1v) is 6.26. The first kappa shape index (κ1) is 14.0. The molecule has 3 N–H and O–H groups in total. The lowest BCUT2D eigenvalue weighted by atomic mass is 9.91. The second-order valence-electron chi connectivity index (χ2n) is 5.14. The van der Waals surface area contributed by atoms with Gasteiger partial charge < -0.3 is 16.0 Å². The molecule has 2 unspecified atom stereocenters. The number of carbonyl (C=O) groups is 2. The average Bonchev–Trinajstić information content (AvgIpc) is 2.25. The summed E-state index contributed by atoms with van der Waals surface area (Å²) in [5, 5.41) is 8.65. The maximum Gasteiger partial charge on any atom is 0.239 e. The molecule has 0 radical (unpaired) electrons. The zero-order chi connectivity index (χ0) is 12.8. The van der Waals surface area contributed by atoms with Crippen molar-refractivity contribution in [2.45, 2.75) is 33.2 Å². The van der Waals surface area contributed by atoms with E-state index in [-0.39, 0.29) is 30.3 Å². The van der Waals surface area contributed by atoms with Crippen molar-refractivity contribution >= 4 is 11.8 Å². The third-order valence-electron chi connectivity index (χ3n) is 2.81. The van der Waals surface area contributed by atoms with Crippen molar-refractivity contribution in [2.75, 3.05) is 19.6 Å². The zero-order valence-corrected chi connectivity index (χ0v) is 10.9. The summed E-state index contributed by atoms with van der Waals surface area (Å²) in [6.45, 7) is 7.66. The van der Waals surface area contributed by atoms with Gasteiger partial charge in [0, 0.05) is 12.6 Å². The van der Waals surface area contributed by atoms with Crippen molar-refractivity contribution in [1.29, 1.82) is 0 Å². The lowest BCUT2D eigenvalue weighted by molar-refractivity contribution is -0.129. The van der Waals surface area contributed by atoms with E-state index < -0.39 is 0 Å². The standard InChI is InChI=1S/C12H23N3O2/c1-8(2)15-11(16)7-14-12(17)10-4-9(3)5-13-6-10/h8-10,13H,4-7H2,1-3H3,(H,14,17)(H,15,16). The van der Waals surface area contributed by atoms with E-state index in [4.69, 9.17) is 0 Å². The average molecular weight is 241 g/mol. The number of rotatable bonds is 4. The first-order chi connectivity index (χ1) is 7.99. The minimum absolute atomic E-state index is 0.00870. The normalized spacial score (nSPS) is 24.5. The van der Waals surface area contributed by atoms with Crippen molar-refractivity contribution in [3.8, 4) is 0 Å². The number of nitrogens with one attached hydrogen (secondary N) is 3. The van der Waals surface area contributed by atoms with Crippen LogP contribution in [0.3, 0.4) is 0 Å². The van der Waals surface area contributed by atoms with Crippen LogP contribution in [0, 0.1) is 11.8 Å². The summed E-state index contributed by atoms with van der Waals surface area (Å²) in [6, 6.07) is 0.107. The van der Waals surface area contributed by atoms with Crippen LogP contribution in [0.25, 0.3) is 0 Å². The van der Waals surface area contributed by atoms with Crippen LogP contribution in [-0.2, 0) is 9.59 Å². The summed E-state index contributed by atoms with van der Waals surface area (Å²) >= 11 is 0. The molecule has 0 spiro atoms. The molecule has 98 valence electrons. The summed E-state index contributed by atoms with van der Waals surface area (Å²) in [6.07, 6.45) is 0.893. The Hall–Kier alpha value is -1.10. The maximum atomic E-state index is 11.8. The highest BCUT2D eigenvalue weighted by Gasteiger charge is 2.24. The van der Waals surface area contributed by atoms with Gasteiger partial charge in [-0.1, -0.05) is 6.92 Å². The monoisotopic (exact) mass is 241 g/mol. The van der Waals surface area contributed by atoms with Crippen LogP contribution < -0.4 is 16.0 Å². The van der Waals surface area contributed by atoms with Crippen LogP contribution in [0.4, 0.5) is 0 Å². The molecule has 1 rings (SSSR count). The molecule has 1 saturated heterocycles. The van der Waals surface area contributed by atoms with Crippen LogP contribution in [0.15, 0.2) is 0 Å². The lowest BCUT2D eigenvalue weighted by Gasteiger charge is -2.26. The molecular weight excluding hydrogens is 218 g/mol. The predicted octanol–water partition coefficient (Wildman–Crippen LogP) is -0.127. The number of piperidine rings is 1. The molecule has 17 heavy (non-hydrogen) atoms. The van der Waals surface area contributed by atoms with E-state index in [1.165, 1.54) is 0 Å². The summed E-state index contributed by atoms with van der Waals surface area (Å²) in [5.74, 6) is 0.350. The van der Waals surface area contributed by atoms with Gasteiger partial charge >= 0.3 is 0 Å². The second-order valence-corrected chi connectivity index (χ2v) is 5.14. The number of hydrogen-bond donors (Lipinski definition) is 3. The minimum Gasteiger partial charge on any atom is -0.352 e. The molecule has 1 fully saturated rings. The van der Waals surface area contributed by atoms with Gasteiger partial charge in [0.15, 0.2) is 0 Å². The molecule has 0 bridgehead atoms. The van der Waals surface area contributed by atoms with Crippen molar-refractivity contribution in [3.63, 3.8) is 0 Å². The van der Waals surface area contributed by atoms with Gasteiger partial charge in [-0.05, 0) is 32.7 Å². The maximum absolute atomic E-state index is 11.8. The van der Waals surface area contributed by atoms with Gasteiger partial charge in [-0.3, -0.25) is 9.59 Å². The molecule has 1 aliphatic rings. The van der Waals surface area contributed by atoms with Crippen LogP contribution in [0.1, 0.15) is 27.2 Å². The smallest absolute Gasteiger partial charge is 0.239 e. The fraction of sp³-hybridized carbons (Fsp3) is 0.833. The van der Waals surface area contributed by atoms with E-state index in [9.17, 15) is 9.59 Å². The highest BCUT2D eigenvalue weighted by Crippen LogP contribution is 2.15. The second kappa shape index (κ2) is 6.59. The topological polar surface area (TPSA) is 70.2 Å². The van der Waals surface area contributed by atoms with Crippen molar-refractivity contribution in [1.82, 2.24) is 16.0 Å². The Kier molecular flexibility index (Phi) is 5.41. The molecule has 2 amide bonds. The first-order valence-electron chi connectivity index (χ1n) is 6.26. The third-order valence-corrected chi connectivity index (χ3v) is 2.81. The SMILES string of the molecule is CC1CNCC(C(=O)NCC(=O)NC(C)C)C1. The van der Waals surface area contributed by atoms with E-state index in [1.807, 2.05) is 13.8 Å². The highest BCUT2D eigenvalue weighted by molar-refractivity contribution is 5.86. The number of amides is 2. The van der Waals surface area contributed by atoms with E-state index in [0.29, 0.717) is 12.5 Å². The van der Waals surface area contributed by atoms with Gasteiger partial charge in [-0.25, -0.2) is 0 Å². The van der Waals surface area contributed by atoms with Gasteiger partial charge in [-0.15, -0.1) is 0 Å². The summed E-state index contributed by atoms with van der Waals surface area (Å²) in [5.41, 5.74) is 0. The quantitative estimate of drug-likeness (QED) is 0.642. The Morgan fingerprint density at radius 3 is 2.65 bits per heavy atom. The van der Waals surface area contributed by atoms with E-state index in [1.54, 1.807) is 0 Å². The molecular formula is C12H23N3O2. The molecule has 0 aromatic rings. The van der Waals surface area contributed by atoms with Crippen molar-refractivity contribution < 1.29 is 9.59 Å². The molecule has 0 aromatic heterocycles. The predicted molar refractivity (Wildman–Crippen MR) is 66.4 cm³/mol. The third kappa shape index (κ3) is 5.17. The molecule has 5 heteroatoms. The fourth-order valence-corrected chi connectivity index (χ4v) is 2.04. The van der Waals surface area contributed by atoms with Gasteiger partial charge in [0.2, 0.25) is 11.8 Å². The van der Waals surface area contributed by atoms with Crippen LogP contribution >= 0.6 is 0 Å². The molecule has 0 aromatic carbocycles. The molecule has 0 saturated carbocycles. The summed E-state index contributed by atoms with van der Waals surface area (Å²) < 4.78 is 0. The van der Waals surface area contributed by atoms with Gasteiger partial charge in [0.05, 0.1) is 12.5 Å². The van der Waals surface area contributed by atoms with Crippen LogP contribution in [0.5, 0.6) is 0 Å². The largest absolute Gasteiger partial charge is 0.352 e. The Labute approximate surface area is 103 Å². The fourth-order valence-electron chi connectivity index (χ4n) is 2.04. The Balaban J connectivity index is 2.26. The van der Waals surface area contributed by atoms with E-state index in [0.717, 1.165) is 13.0 Å². The minimum atomic E-state index is -0.134. The molecule has 1 heterocycles. The molecule has 1 aliphatic heterocycles. The molecule has 5 nitrogen and oxygen atoms in total.